The van der Waals surface area contributed by atoms with Crippen molar-refractivity contribution < 1.29 is 18.3 Å². The third-order valence-corrected chi connectivity index (χ3v) is 8.80. The van der Waals surface area contributed by atoms with Gasteiger partial charge in [0.05, 0.1) is 10.5 Å². The van der Waals surface area contributed by atoms with E-state index in [9.17, 15) is 9.18 Å². The number of ether oxygens (including phenoxy) is 1. The highest BCUT2D eigenvalue weighted by atomic mass is 35.5. The van der Waals surface area contributed by atoms with E-state index in [4.69, 9.17) is 26.3 Å². The van der Waals surface area contributed by atoms with Crippen LogP contribution in [-0.4, -0.2) is 77.6 Å². The number of hydrogen-bond donors (Lipinski definition) is 0. The lowest BCUT2D eigenvalue weighted by Crippen LogP contribution is -2.53. The van der Waals surface area contributed by atoms with Gasteiger partial charge >= 0.3 is 6.01 Å². The third kappa shape index (κ3) is 5.16. The number of benzene rings is 3. The summed E-state index contributed by atoms with van der Waals surface area (Å²) < 4.78 is 36.7. The Labute approximate surface area is 248 Å². The molecule has 2 aliphatic rings. The number of hydrogen-bond acceptors (Lipinski definition) is 6. The van der Waals surface area contributed by atoms with E-state index in [1.165, 1.54) is 18.2 Å². The smallest absolute Gasteiger partial charge is 0.319 e. The number of aromatic nitrogens is 2. The van der Waals surface area contributed by atoms with Gasteiger partial charge in [0.1, 0.15) is 24.1 Å². The van der Waals surface area contributed by atoms with Crippen LogP contribution in [-0.2, 0) is 4.79 Å². The van der Waals surface area contributed by atoms with Gasteiger partial charge in [0.2, 0.25) is 5.91 Å². The van der Waals surface area contributed by atoms with Crippen molar-refractivity contribution in [1.82, 2.24) is 19.8 Å². The first-order chi connectivity index (χ1) is 20.2. The average Bonchev–Trinajstić information content (AvgIpc) is 3.41. The number of likely N-dealkylation sites (N-methyl/N-ethyl adjacent to an activating group) is 1. The molecule has 0 N–H and O–H groups in total. The van der Waals surface area contributed by atoms with Crippen LogP contribution in [0, 0.1) is 11.6 Å². The molecule has 218 valence electrons. The van der Waals surface area contributed by atoms with E-state index in [0.717, 1.165) is 19.4 Å². The number of amides is 1. The summed E-state index contributed by atoms with van der Waals surface area (Å²) >= 11 is 6.39. The number of carbonyl (C=O) groups excluding carboxylic acids is 1. The molecule has 0 spiro atoms. The van der Waals surface area contributed by atoms with Gasteiger partial charge in [0, 0.05) is 48.1 Å². The molecule has 7 nitrogen and oxygen atoms in total. The lowest BCUT2D eigenvalue weighted by Gasteiger charge is -2.40. The first-order valence-corrected chi connectivity index (χ1v) is 14.5. The van der Waals surface area contributed by atoms with Crippen LogP contribution in [0.4, 0.5) is 14.6 Å². The van der Waals surface area contributed by atoms with Crippen LogP contribution in [0.1, 0.15) is 19.8 Å². The van der Waals surface area contributed by atoms with E-state index in [-0.39, 0.29) is 34.6 Å². The van der Waals surface area contributed by atoms with Gasteiger partial charge in [-0.2, -0.15) is 9.97 Å². The monoisotopic (exact) mass is 591 g/mol. The molecule has 2 atom stereocenters. The first kappa shape index (κ1) is 28.3. The summed E-state index contributed by atoms with van der Waals surface area (Å²) in [4.78, 5) is 27.8. The minimum atomic E-state index is -0.571. The van der Waals surface area contributed by atoms with Crippen LogP contribution >= 0.6 is 11.6 Å². The Morgan fingerprint density at radius 1 is 1.12 bits per heavy atom. The van der Waals surface area contributed by atoms with Crippen LogP contribution in [0.3, 0.4) is 0 Å². The molecule has 3 aromatic carbocycles. The molecule has 3 heterocycles. The number of halogens is 3. The molecule has 2 saturated heterocycles. The maximum Gasteiger partial charge on any atom is 0.319 e. The Morgan fingerprint density at radius 3 is 2.69 bits per heavy atom. The quantitative estimate of drug-likeness (QED) is 0.253. The first-order valence-electron chi connectivity index (χ1n) is 14.1. The van der Waals surface area contributed by atoms with E-state index in [1.54, 1.807) is 29.2 Å². The molecule has 0 aliphatic carbocycles. The van der Waals surface area contributed by atoms with E-state index in [2.05, 4.69) is 23.4 Å². The third-order valence-electron chi connectivity index (χ3n) is 8.43. The molecule has 10 heteroatoms. The minimum absolute atomic E-state index is 0.0588. The molecule has 1 amide bonds. The number of nitrogens with zero attached hydrogens (tertiary/aromatic N) is 5. The number of fused-ring (bicyclic) bond motifs is 2. The Kier molecular flexibility index (Phi) is 7.72. The molecule has 0 saturated carbocycles. The van der Waals surface area contributed by atoms with Gasteiger partial charge < -0.3 is 19.4 Å². The molecular formula is C32H32ClF2N5O2. The van der Waals surface area contributed by atoms with E-state index < -0.39 is 11.6 Å². The van der Waals surface area contributed by atoms with Crippen LogP contribution < -0.4 is 9.64 Å². The second kappa shape index (κ2) is 11.5. The predicted molar refractivity (Wildman–Crippen MR) is 162 cm³/mol. The molecule has 6 rings (SSSR count). The number of piperazine rings is 1. The average molecular weight is 592 g/mol. The maximum absolute atomic E-state index is 16.0. The zero-order valence-corrected chi connectivity index (χ0v) is 24.4. The molecule has 0 radical (unpaired) electrons. The van der Waals surface area contributed by atoms with Gasteiger partial charge in [-0.1, -0.05) is 42.4 Å². The SMILES string of the molecule is C=CC(=O)N1CCN(c2nc(OCC3CCCN3C)nc3cc(-c4cccc5ccc(F)c(Cl)c45)c(F)cc23)C(C)C1. The van der Waals surface area contributed by atoms with Crippen molar-refractivity contribution in [2.45, 2.75) is 31.8 Å². The molecular weight excluding hydrogens is 560 g/mol. The number of likely N-dealkylation sites (tertiary alicyclic amines) is 1. The van der Waals surface area contributed by atoms with Gasteiger partial charge in [0.15, 0.2) is 0 Å². The summed E-state index contributed by atoms with van der Waals surface area (Å²) in [5.41, 5.74) is 1.21. The highest BCUT2D eigenvalue weighted by molar-refractivity contribution is 6.37. The fourth-order valence-corrected chi connectivity index (χ4v) is 6.37. The van der Waals surface area contributed by atoms with Crippen molar-refractivity contribution in [3.8, 4) is 17.1 Å². The Hall–Kier alpha value is -3.82. The summed E-state index contributed by atoms with van der Waals surface area (Å²) in [5, 5.41) is 1.60. The zero-order valence-electron chi connectivity index (χ0n) is 23.6. The van der Waals surface area contributed by atoms with Crippen LogP contribution in [0.2, 0.25) is 5.02 Å². The summed E-state index contributed by atoms with van der Waals surface area (Å²) in [7, 11) is 2.08. The van der Waals surface area contributed by atoms with Crippen LogP contribution in [0.5, 0.6) is 6.01 Å². The van der Waals surface area contributed by atoms with Crippen molar-refractivity contribution in [1.29, 1.82) is 0 Å². The molecule has 4 aromatic rings. The Morgan fingerprint density at radius 2 is 1.95 bits per heavy atom. The van der Waals surface area contributed by atoms with Gasteiger partial charge in [-0.05, 0) is 68.6 Å². The Bertz CT molecular complexity index is 1700. The second-order valence-electron chi connectivity index (χ2n) is 11.1. The molecule has 2 unspecified atom stereocenters. The van der Waals surface area contributed by atoms with Gasteiger partial charge in [-0.25, -0.2) is 8.78 Å². The fourth-order valence-electron chi connectivity index (χ4n) is 6.10. The number of rotatable bonds is 6. The molecule has 0 bridgehead atoms. The topological polar surface area (TPSA) is 61.8 Å². The maximum atomic E-state index is 16.0. The zero-order chi connectivity index (χ0) is 29.5. The largest absolute Gasteiger partial charge is 0.462 e. The van der Waals surface area contributed by atoms with Crippen molar-refractivity contribution in [3.05, 3.63) is 71.8 Å². The van der Waals surface area contributed by atoms with Crippen molar-refractivity contribution in [3.63, 3.8) is 0 Å². The highest BCUT2D eigenvalue weighted by Crippen LogP contribution is 2.39. The lowest BCUT2D eigenvalue weighted by molar-refractivity contribution is -0.126. The van der Waals surface area contributed by atoms with E-state index >= 15 is 4.39 Å². The lowest BCUT2D eigenvalue weighted by atomic mass is 9.96. The fraction of sp³-hybridized carbons (Fsp3) is 0.344. The molecule has 1 aromatic heterocycles. The molecule has 42 heavy (non-hydrogen) atoms. The van der Waals surface area contributed by atoms with E-state index in [0.29, 0.717) is 59.3 Å². The summed E-state index contributed by atoms with van der Waals surface area (Å²) in [6.07, 6.45) is 3.45. The standard InChI is InChI=1S/C32H32ClF2N5O2/c1-4-28(41)39-13-14-40(19(2)17-39)31-24-15-26(35)23(22-9-5-7-20-10-11-25(34)30(33)29(20)22)16-27(24)36-32(37-31)42-18-21-8-6-12-38(21)3/h4-5,7,9-11,15-16,19,21H,1,6,8,12-14,17-18H2,2-3H3. The molecule has 2 aliphatic heterocycles. The van der Waals surface area contributed by atoms with Gasteiger partial charge in [0.25, 0.3) is 0 Å². The van der Waals surface area contributed by atoms with Crippen molar-refractivity contribution in [2.24, 2.45) is 0 Å². The van der Waals surface area contributed by atoms with Crippen molar-refractivity contribution >= 4 is 45.0 Å². The summed E-state index contributed by atoms with van der Waals surface area (Å²) in [6, 6.07) is 11.7. The number of anilines is 1. The second-order valence-corrected chi connectivity index (χ2v) is 11.4. The highest BCUT2D eigenvalue weighted by Gasteiger charge is 2.30. The normalized spacial score (nSPS) is 19.5. The van der Waals surface area contributed by atoms with Crippen LogP contribution in [0.25, 0.3) is 32.8 Å². The minimum Gasteiger partial charge on any atom is -0.462 e. The van der Waals surface area contributed by atoms with Crippen molar-refractivity contribution in [2.75, 3.05) is 44.7 Å². The van der Waals surface area contributed by atoms with Gasteiger partial charge in [-0.3, -0.25) is 4.79 Å². The predicted octanol–water partition coefficient (Wildman–Crippen LogP) is 6.08. The van der Waals surface area contributed by atoms with Crippen LogP contribution in [0.15, 0.2) is 55.1 Å². The summed E-state index contributed by atoms with van der Waals surface area (Å²) in [6.45, 7) is 8.50. The number of carbonyl (C=O) groups is 1. The molecule has 2 fully saturated rings. The van der Waals surface area contributed by atoms with Gasteiger partial charge in [-0.15, -0.1) is 0 Å². The van der Waals surface area contributed by atoms with E-state index in [1.807, 2.05) is 13.0 Å². The summed E-state index contributed by atoms with van der Waals surface area (Å²) in [5.74, 6) is -0.660. The Balaban J connectivity index is 1.47.